The molecule has 0 N–H and O–H groups in total. The van der Waals surface area contributed by atoms with Crippen molar-refractivity contribution in [1.29, 1.82) is 0 Å². The van der Waals surface area contributed by atoms with Gasteiger partial charge in [0.05, 0.1) is 11.6 Å². The maximum Gasteiger partial charge on any atom is 0.573 e. The summed E-state index contributed by atoms with van der Waals surface area (Å²) in [5.41, 5.74) is 0. The molecular formula is C8H6BrF3O2. The summed E-state index contributed by atoms with van der Waals surface area (Å²) in [5, 5.41) is 0. The smallest absolute Gasteiger partial charge is 0.496 e. The van der Waals surface area contributed by atoms with Gasteiger partial charge in [-0.3, -0.25) is 0 Å². The highest BCUT2D eigenvalue weighted by Gasteiger charge is 2.31. The molecule has 0 unspecified atom stereocenters. The molecule has 1 rings (SSSR count). The van der Waals surface area contributed by atoms with Crippen molar-refractivity contribution in [1.82, 2.24) is 0 Å². The van der Waals surface area contributed by atoms with E-state index in [0.29, 0.717) is 10.2 Å². The lowest BCUT2D eigenvalue weighted by atomic mass is 10.3. The molecule has 0 saturated carbocycles. The van der Waals surface area contributed by atoms with Gasteiger partial charge in [-0.2, -0.15) is 0 Å². The second kappa shape index (κ2) is 4.08. The van der Waals surface area contributed by atoms with E-state index in [1.807, 2.05) is 0 Å². The van der Waals surface area contributed by atoms with E-state index in [0.717, 1.165) is 0 Å². The van der Waals surface area contributed by atoms with Gasteiger partial charge in [0, 0.05) is 0 Å². The Morgan fingerprint density at radius 2 is 1.93 bits per heavy atom. The average molecular weight is 271 g/mol. The first-order chi connectivity index (χ1) is 6.42. The summed E-state index contributed by atoms with van der Waals surface area (Å²) < 4.78 is 44.3. The first kappa shape index (κ1) is 11.2. The minimum Gasteiger partial charge on any atom is -0.496 e. The molecule has 0 amide bonds. The molecule has 0 radical (unpaired) electrons. The highest BCUT2D eigenvalue weighted by atomic mass is 79.9. The van der Waals surface area contributed by atoms with E-state index >= 15 is 0 Å². The standard InChI is InChI=1S/C8H6BrF3O2/c1-13-7-3-2-5(4-6(7)9)14-8(10,11)12/h2-4H,1H3. The summed E-state index contributed by atoms with van der Waals surface area (Å²) in [6, 6.07) is 3.74. The van der Waals surface area contributed by atoms with Crippen molar-refractivity contribution in [3.63, 3.8) is 0 Å². The van der Waals surface area contributed by atoms with Gasteiger partial charge < -0.3 is 9.47 Å². The van der Waals surface area contributed by atoms with E-state index < -0.39 is 6.36 Å². The molecule has 0 saturated heterocycles. The summed E-state index contributed by atoms with van der Waals surface area (Å²) >= 11 is 3.04. The number of alkyl halides is 3. The zero-order chi connectivity index (χ0) is 10.8. The second-order valence-corrected chi connectivity index (χ2v) is 3.20. The lowest BCUT2D eigenvalue weighted by Gasteiger charge is -2.10. The molecule has 14 heavy (non-hydrogen) atoms. The minimum atomic E-state index is -4.67. The molecule has 0 aliphatic heterocycles. The molecule has 6 heteroatoms. The number of hydrogen-bond acceptors (Lipinski definition) is 2. The summed E-state index contributed by atoms with van der Waals surface area (Å²) in [6.45, 7) is 0. The Morgan fingerprint density at radius 3 is 2.36 bits per heavy atom. The van der Waals surface area contributed by atoms with Crippen molar-refractivity contribution in [2.75, 3.05) is 7.11 Å². The Kier molecular flexibility index (Phi) is 3.25. The monoisotopic (exact) mass is 270 g/mol. The zero-order valence-electron chi connectivity index (χ0n) is 7.06. The van der Waals surface area contributed by atoms with Crippen LogP contribution >= 0.6 is 15.9 Å². The van der Waals surface area contributed by atoms with Crippen LogP contribution in [0.4, 0.5) is 13.2 Å². The molecule has 2 nitrogen and oxygen atoms in total. The Hall–Kier alpha value is -0.910. The van der Waals surface area contributed by atoms with Crippen molar-refractivity contribution < 1.29 is 22.6 Å². The fraction of sp³-hybridized carbons (Fsp3) is 0.250. The van der Waals surface area contributed by atoms with Crippen molar-refractivity contribution in [3.8, 4) is 11.5 Å². The Balaban J connectivity index is 2.87. The van der Waals surface area contributed by atoms with Crippen LogP contribution in [-0.2, 0) is 0 Å². The summed E-state index contributed by atoms with van der Waals surface area (Å²) in [5.74, 6) is 0.157. The van der Waals surface area contributed by atoms with Gasteiger partial charge in [-0.25, -0.2) is 0 Å². The molecule has 1 aromatic rings. The van der Waals surface area contributed by atoms with Gasteiger partial charge >= 0.3 is 6.36 Å². The third kappa shape index (κ3) is 3.10. The fourth-order valence-electron chi connectivity index (χ4n) is 0.844. The molecule has 0 heterocycles. The zero-order valence-corrected chi connectivity index (χ0v) is 8.65. The van der Waals surface area contributed by atoms with Crippen molar-refractivity contribution in [3.05, 3.63) is 22.7 Å². The van der Waals surface area contributed by atoms with E-state index in [9.17, 15) is 13.2 Å². The van der Waals surface area contributed by atoms with Crippen LogP contribution in [0.5, 0.6) is 11.5 Å². The predicted molar refractivity (Wildman–Crippen MR) is 47.4 cm³/mol. The van der Waals surface area contributed by atoms with Crippen LogP contribution in [0.25, 0.3) is 0 Å². The lowest BCUT2D eigenvalue weighted by molar-refractivity contribution is -0.274. The number of ether oxygens (including phenoxy) is 2. The lowest BCUT2D eigenvalue weighted by Crippen LogP contribution is -2.17. The maximum atomic E-state index is 11.8. The highest BCUT2D eigenvalue weighted by Crippen LogP contribution is 2.31. The van der Waals surface area contributed by atoms with Gasteiger partial charge in [-0.1, -0.05) is 0 Å². The van der Waals surface area contributed by atoms with Gasteiger partial charge in [0.2, 0.25) is 0 Å². The number of halogens is 4. The molecule has 0 spiro atoms. The second-order valence-electron chi connectivity index (χ2n) is 2.34. The van der Waals surface area contributed by atoms with Gasteiger partial charge in [-0.15, -0.1) is 13.2 Å². The van der Waals surface area contributed by atoms with E-state index in [2.05, 4.69) is 20.7 Å². The van der Waals surface area contributed by atoms with E-state index in [-0.39, 0.29) is 5.75 Å². The van der Waals surface area contributed by atoms with Crippen LogP contribution < -0.4 is 9.47 Å². The van der Waals surface area contributed by atoms with Crippen LogP contribution in [0.2, 0.25) is 0 Å². The van der Waals surface area contributed by atoms with Crippen LogP contribution in [0.3, 0.4) is 0 Å². The number of hydrogen-bond donors (Lipinski definition) is 0. The van der Waals surface area contributed by atoms with Gasteiger partial charge in [0.25, 0.3) is 0 Å². The Morgan fingerprint density at radius 1 is 1.29 bits per heavy atom. The third-order valence-electron chi connectivity index (χ3n) is 1.36. The highest BCUT2D eigenvalue weighted by molar-refractivity contribution is 9.10. The van der Waals surface area contributed by atoms with Crippen LogP contribution in [-0.4, -0.2) is 13.5 Å². The van der Waals surface area contributed by atoms with E-state index in [1.165, 1.54) is 25.3 Å². The summed E-state index contributed by atoms with van der Waals surface area (Å²) in [6.07, 6.45) is -4.67. The quantitative estimate of drug-likeness (QED) is 0.821. The van der Waals surface area contributed by atoms with Crippen molar-refractivity contribution in [2.24, 2.45) is 0 Å². The predicted octanol–water partition coefficient (Wildman–Crippen LogP) is 3.36. The maximum absolute atomic E-state index is 11.8. The largest absolute Gasteiger partial charge is 0.573 e. The Labute approximate surface area is 86.8 Å². The van der Waals surface area contributed by atoms with Gasteiger partial charge in [0.15, 0.2) is 0 Å². The first-order valence-corrected chi connectivity index (χ1v) is 4.31. The van der Waals surface area contributed by atoms with Gasteiger partial charge in [0.1, 0.15) is 11.5 Å². The van der Waals surface area contributed by atoms with Crippen LogP contribution in [0.1, 0.15) is 0 Å². The van der Waals surface area contributed by atoms with Crippen molar-refractivity contribution >= 4 is 15.9 Å². The topological polar surface area (TPSA) is 18.5 Å². The number of methoxy groups -OCH3 is 1. The van der Waals surface area contributed by atoms with E-state index in [4.69, 9.17) is 4.74 Å². The molecule has 0 aliphatic rings. The van der Waals surface area contributed by atoms with E-state index in [1.54, 1.807) is 0 Å². The Bertz CT molecular complexity index is 325. The fourth-order valence-corrected chi connectivity index (χ4v) is 1.36. The van der Waals surface area contributed by atoms with Crippen LogP contribution in [0, 0.1) is 0 Å². The summed E-state index contributed by atoms with van der Waals surface area (Å²) in [4.78, 5) is 0. The number of rotatable bonds is 2. The molecule has 1 aromatic carbocycles. The molecule has 0 aliphatic carbocycles. The molecule has 0 aromatic heterocycles. The van der Waals surface area contributed by atoms with Crippen molar-refractivity contribution in [2.45, 2.75) is 6.36 Å². The number of benzene rings is 1. The minimum absolute atomic E-state index is 0.287. The SMILES string of the molecule is COc1ccc(OC(F)(F)F)cc1Br. The van der Waals surface area contributed by atoms with Crippen LogP contribution in [0.15, 0.2) is 22.7 Å². The molecule has 0 atom stereocenters. The summed E-state index contributed by atoms with van der Waals surface area (Å²) in [7, 11) is 1.42. The van der Waals surface area contributed by atoms with Gasteiger partial charge in [-0.05, 0) is 34.1 Å². The normalized spacial score (nSPS) is 11.2. The molecular weight excluding hydrogens is 265 g/mol. The first-order valence-electron chi connectivity index (χ1n) is 3.51. The molecule has 78 valence electrons. The molecule has 0 fully saturated rings. The average Bonchev–Trinajstić information content (AvgIpc) is 2.01. The third-order valence-corrected chi connectivity index (χ3v) is 1.98. The molecule has 0 bridgehead atoms.